The van der Waals surface area contributed by atoms with Crippen LogP contribution >= 0.6 is 0 Å². The van der Waals surface area contributed by atoms with Gasteiger partial charge < -0.3 is 14.7 Å². The van der Waals surface area contributed by atoms with E-state index >= 15 is 0 Å². The van der Waals surface area contributed by atoms with Gasteiger partial charge in [-0.3, -0.25) is 4.79 Å². The van der Waals surface area contributed by atoms with E-state index in [0.717, 1.165) is 30.5 Å². The molecule has 0 aliphatic heterocycles. The zero-order chi connectivity index (χ0) is 14.7. The smallest absolute Gasteiger partial charge is 0.163 e. The molecule has 0 amide bonds. The molecule has 108 valence electrons. The first-order valence-corrected chi connectivity index (χ1v) is 6.77. The normalized spacial score (nSPS) is 20.9. The lowest BCUT2D eigenvalue weighted by molar-refractivity contribution is -0.118. The fraction of sp³-hybridized carbons (Fsp3) is 0.438. The fourth-order valence-electron chi connectivity index (χ4n) is 2.59. The SMILES string of the molecule is COc1cc(/C=C2/CCC(CN(C)C)C2=O)ccc1O. The highest BCUT2D eigenvalue weighted by Crippen LogP contribution is 2.31. The zero-order valence-corrected chi connectivity index (χ0v) is 12.2. The second-order valence-electron chi connectivity index (χ2n) is 5.46. The van der Waals surface area contributed by atoms with Crippen LogP contribution in [0.3, 0.4) is 0 Å². The number of carbonyl (C=O) groups is 1. The van der Waals surface area contributed by atoms with Crippen LogP contribution in [0.15, 0.2) is 23.8 Å². The van der Waals surface area contributed by atoms with E-state index in [4.69, 9.17) is 4.74 Å². The molecule has 0 spiro atoms. The Labute approximate surface area is 119 Å². The summed E-state index contributed by atoms with van der Waals surface area (Å²) in [5.74, 6) is 0.883. The first kappa shape index (κ1) is 14.6. The summed E-state index contributed by atoms with van der Waals surface area (Å²) in [7, 11) is 5.49. The summed E-state index contributed by atoms with van der Waals surface area (Å²) in [5, 5.41) is 9.57. The number of methoxy groups -OCH3 is 1. The summed E-state index contributed by atoms with van der Waals surface area (Å²) >= 11 is 0. The number of carbonyl (C=O) groups excluding carboxylic acids is 1. The predicted octanol–water partition coefficient (Wildman–Crippen LogP) is 2.32. The van der Waals surface area contributed by atoms with Crippen LogP contribution in [0.2, 0.25) is 0 Å². The van der Waals surface area contributed by atoms with Crippen molar-refractivity contribution < 1.29 is 14.6 Å². The van der Waals surface area contributed by atoms with Gasteiger partial charge in [0.2, 0.25) is 0 Å². The largest absolute Gasteiger partial charge is 0.504 e. The molecule has 1 atom stereocenters. The van der Waals surface area contributed by atoms with Gasteiger partial charge in [0.1, 0.15) is 0 Å². The number of Topliss-reactive ketones (excluding diaryl/α,β-unsaturated/α-hetero) is 1. The van der Waals surface area contributed by atoms with Crippen LogP contribution in [-0.4, -0.2) is 43.5 Å². The maximum Gasteiger partial charge on any atom is 0.163 e. The van der Waals surface area contributed by atoms with Crippen molar-refractivity contribution in [2.24, 2.45) is 5.92 Å². The maximum absolute atomic E-state index is 12.3. The van der Waals surface area contributed by atoms with Gasteiger partial charge in [0.25, 0.3) is 0 Å². The number of aromatic hydroxyl groups is 1. The van der Waals surface area contributed by atoms with E-state index in [1.54, 1.807) is 18.2 Å². The van der Waals surface area contributed by atoms with Gasteiger partial charge in [-0.05, 0) is 56.3 Å². The van der Waals surface area contributed by atoms with Crippen LogP contribution in [0.4, 0.5) is 0 Å². The molecule has 1 aromatic rings. The van der Waals surface area contributed by atoms with E-state index in [1.165, 1.54) is 7.11 Å². The Morgan fingerprint density at radius 3 is 2.85 bits per heavy atom. The Kier molecular flexibility index (Phi) is 4.45. The van der Waals surface area contributed by atoms with Crippen molar-refractivity contribution in [3.8, 4) is 11.5 Å². The highest BCUT2D eigenvalue weighted by molar-refractivity contribution is 6.03. The standard InChI is InChI=1S/C16H21NO3/c1-17(2)10-13-6-5-12(16(13)19)8-11-4-7-14(18)15(9-11)20-3/h4,7-9,13,18H,5-6,10H2,1-3H3/b12-8-. The lowest BCUT2D eigenvalue weighted by Crippen LogP contribution is -2.24. The molecule has 0 aromatic heterocycles. The van der Waals surface area contributed by atoms with Crippen molar-refractivity contribution in [2.75, 3.05) is 27.7 Å². The molecule has 2 rings (SSSR count). The van der Waals surface area contributed by atoms with Crippen molar-refractivity contribution in [3.63, 3.8) is 0 Å². The molecule has 4 nitrogen and oxygen atoms in total. The summed E-state index contributed by atoms with van der Waals surface area (Å²) in [5.41, 5.74) is 1.75. The molecule has 0 radical (unpaired) electrons. The van der Waals surface area contributed by atoms with Crippen molar-refractivity contribution >= 4 is 11.9 Å². The second-order valence-corrected chi connectivity index (χ2v) is 5.46. The third-order valence-corrected chi connectivity index (χ3v) is 3.58. The number of rotatable bonds is 4. The average Bonchev–Trinajstić information content (AvgIpc) is 2.73. The van der Waals surface area contributed by atoms with Gasteiger partial charge in [0.15, 0.2) is 17.3 Å². The predicted molar refractivity (Wildman–Crippen MR) is 78.9 cm³/mol. The monoisotopic (exact) mass is 275 g/mol. The molecule has 1 aliphatic rings. The third kappa shape index (κ3) is 3.20. The summed E-state index contributed by atoms with van der Waals surface area (Å²) in [6, 6.07) is 5.12. The molecule has 0 heterocycles. The van der Waals surface area contributed by atoms with Crippen LogP contribution in [0.25, 0.3) is 6.08 Å². The number of nitrogens with zero attached hydrogens (tertiary/aromatic N) is 1. The lowest BCUT2D eigenvalue weighted by atomic mass is 10.0. The highest BCUT2D eigenvalue weighted by atomic mass is 16.5. The van der Waals surface area contributed by atoms with Crippen molar-refractivity contribution in [2.45, 2.75) is 12.8 Å². The molecular weight excluding hydrogens is 254 g/mol. The van der Waals surface area contributed by atoms with Gasteiger partial charge in [0, 0.05) is 12.5 Å². The fourth-order valence-corrected chi connectivity index (χ4v) is 2.59. The molecule has 4 heteroatoms. The summed E-state index contributed by atoms with van der Waals surface area (Å²) in [4.78, 5) is 14.3. The third-order valence-electron chi connectivity index (χ3n) is 3.58. The van der Waals surface area contributed by atoms with Crippen molar-refractivity contribution in [3.05, 3.63) is 29.3 Å². The zero-order valence-electron chi connectivity index (χ0n) is 12.2. The van der Waals surface area contributed by atoms with Crippen molar-refractivity contribution in [1.82, 2.24) is 4.90 Å². The van der Waals surface area contributed by atoms with E-state index in [0.29, 0.717) is 5.75 Å². The van der Waals surface area contributed by atoms with Crippen LogP contribution in [0.1, 0.15) is 18.4 Å². The number of phenolic OH excluding ortho intramolecular Hbond substituents is 1. The quantitative estimate of drug-likeness (QED) is 0.857. The molecule has 20 heavy (non-hydrogen) atoms. The molecule has 1 N–H and O–H groups in total. The highest BCUT2D eigenvalue weighted by Gasteiger charge is 2.29. The lowest BCUT2D eigenvalue weighted by Gasteiger charge is -2.13. The molecule has 1 aliphatic carbocycles. The number of hydrogen-bond donors (Lipinski definition) is 1. The van der Waals surface area contributed by atoms with E-state index in [9.17, 15) is 9.90 Å². The molecule has 1 fully saturated rings. The summed E-state index contributed by atoms with van der Waals surface area (Å²) in [6.45, 7) is 0.801. The molecule has 0 bridgehead atoms. The Morgan fingerprint density at radius 1 is 1.45 bits per heavy atom. The molecule has 1 aromatic carbocycles. The number of allylic oxidation sites excluding steroid dienone is 1. The van der Waals surface area contributed by atoms with Crippen LogP contribution in [0.5, 0.6) is 11.5 Å². The van der Waals surface area contributed by atoms with Gasteiger partial charge in [-0.15, -0.1) is 0 Å². The maximum atomic E-state index is 12.3. The average molecular weight is 275 g/mol. The Hall–Kier alpha value is -1.81. The molecule has 1 saturated carbocycles. The molecule has 0 saturated heterocycles. The molecular formula is C16H21NO3. The number of hydrogen-bond acceptors (Lipinski definition) is 4. The van der Waals surface area contributed by atoms with E-state index in [2.05, 4.69) is 4.90 Å². The van der Waals surface area contributed by atoms with Gasteiger partial charge in [0.05, 0.1) is 7.11 Å². The second kappa shape index (κ2) is 6.09. The van der Waals surface area contributed by atoms with E-state index in [-0.39, 0.29) is 17.5 Å². The minimum Gasteiger partial charge on any atom is -0.504 e. The number of ether oxygens (including phenoxy) is 1. The van der Waals surface area contributed by atoms with Crippen LogP contribution < -0.4 is 4.74 Å². The Balaban J connectivity index is 2.18. The topological polar surface area (TPSA) is 49.8 Å². The van der Waals surface area contributed by atoms with Gasteiger partial charge in [-0.1, -0.05) is 6.07 Å². The van der Waals surface area contributed by atoms with Gasteiger partial charge in [-0.25, -0.2) is 0 Å². The number of phenols is 1. The van der Waals surface area contributed by atoms with E-state index < -0.39 is 0 Å². The molecule has 1 unspecified atom stereocenters. The minimum absolute atomic E-state index is 0.107. The van der Waals surface area contributed by atoms with E-state index in [1.807, 2.05) is 20.2 Å². The van der Waals surface area contributed by atoms with Crippen LogP contribution in [-0.2, 0) is 4.79 Å². The number of ketones is 1. The summed E-state index contributed by atoms with van der Waals surface area (Å²) in [6.07, 6.45) is 3.64. The van der Waals surface area contributed by atoms with Crippen molar-refractivity contribution in [1.29, 1.82) is 0 Å². The minimum atomic E-state index is 0.107. The first-order chi connectivity index (χ1) is 9.51. The Bertz CT molecular complexity index is 535. The summed E-state index contributed by atoms with van der Waals surface area (Å²) < 4.78 is 5.08. The number of benzene rings is 1. The Morgan fingerprint density at radius 2 is 2.20 bits per heavy atom. The van der Waals surface area contributed by atoms with Gasteiger partial charge in [-0.2, -0.15) is 0 Å². The first-order valence-electron chi connectivity index (χ1n) is 6.77. The van der Waals surface area contributed by atoms with Crippen LogP contribution in [0, 0.1) is 5.92 Å². The van der Waals surface area contributed by atoms with Gasteiger partial charge >= 0.3 is 0 Å².